The van der Waals surface area contributed by atoms with Crippen molar-refractivity contribution in [2.75, 3.05) is 25.2 Å². The summed E-state index contributed by atoms with van der Waals surface area (Å²) in [7, 11) is 1.16. The van der Waals surface area contributed by atoms with Crippen LogP contribution in [0.3, 0.4) is 0 Å². The summed E-state index contributed by atoms with van der Waals surface area (Å²) in [6.07, 6.45) is 1.59. The fraction of sp³-hybridized carbons (Fsp3) is 0.316. The fourth-order valence-corrected chi connectivity index (χ4v) is 4.63. The van der Waals surface area contributed by atoms with Gasteiger partial charge in [0.15, 0.2) is 11.0 Å². The fourth-order valence-electron chi connectivity index (χ4n) is 2.77. The van der Waals surface area contributed by atoms with Crippen LogP contribution in [0.2, 0.25) is 0 Å². The van der Waals surface area contributed by atoms with Gasteiger partial charge in [0.05, 0.1) is 22.5 Å². The first-order valence-electron chi connectivity index (χ1n) is 9.01. The highest BCUT2D eigenvalue weighted by Gasteiger charge is 2.21. The molecule has 11 heteroatoms. The number of amides is 1. The lowest BCUT2D eigenvalue weighted by Crippen LogP contribution is -2.23. The van der Waals surface area contributed by atoms with Gasteiger partial charge in [-0.05, 0) is 37.6 Å². The van der Waals surface area contributed by atoms with Gasteiger partial charge in [0.2, 0.25) is 15.9 Å². The topological polar surface area (TPSA) is 110 Å². The maximum Gasteiger partial charge on any atom is 0.242 e. The molecule has 1 aromatic carbocycles. The van der Waals surface area contributed by atoms with Crippen molar-refractivity contribution < 1.29 is 17.6 Å². The quantitative estimate of drug-likeness (QED) is 0.552. The van der Waals surface area contributed by atoms with E-state index in [0.29, 0.717) is 22.2 Å². The van der Waals surface area contributed by atoms with Crippen molar-refractivity contribution in [2.45, 2.75) is 23.9 Å². The van der Waals surface area contributed by atoms with Gasteiger partial charge in [-0.3, -0.25) is 4.79 Å². The first-order valence-corrected chi connectivity index (χ1v) is 11.4. The number of thioether (sulfide) groups is 1. The normalized spacial score (nSPS) is 11.8. The standard InChI is InChI=1S/C19H23N5O4S2/c1-12-6-7-14(10-16(12)30(26,27)23(3)4)20-17(25)11-29-19-22-21-18(24(19)5)15-8-9-28-13(15)2/h6-10H,11H2,1-5H3,(H,20,25). The molecule has 0 unspecified atom stereocenters. The second-order valence-electron chi connectivity index (χ2n) is 6.86. The molecule has 0 saturated carbocycles. The van der Waals surface area contributed by atoms with Crippen LogP contribution in [0.4, 0.5) is 5.69 Å². The van der Waals surface area contributed by atoms with Gasteiger partial charge in [0.25, 0.3) is 0 Å². The molecule has 0 aliphatic heterocycles. The van der Waals surface area contributed by atoms with E-state index < -0.39 is 10.0 Å². The number of carbonyl (C=O) groups excluding carboxylic acids is 1. The summed E-state index contributed by atoms with van der Waals surface area (Å²) in [5.41, 5.74) is 1.87. The van der Waals surface area contributed by atoms with E-state index in [1.54, 1.807) is 29.9 Å². The van der Waals surface area contributed by atoms with Crippen LogP contribution < -0.4 is 5.32 Å². The molecule has 3 rings (SSSR count). The molecule has 3 aromatic rings. The van der Waals surface area contributed by atoms with Crippen LogP contribution in [0.1, 0.15) is 11.3 Å². The predicted octanol–water partition coefficient (Wildman–Crippen LogP) is 2.67. The number of nitrogens with zero attached hydrogens (tertiary/aromatic N) is 4. The smallest absolute Gasteiger partial charge is 0.242 e. The van der Waals surface area contributed by atoms with E-state index in [1.165, 1.54) is 31.9 Å². The zero-order valence-corrected chi connectivity index (χ0v) is 19.0. The van der Waals surface area contributed by atoms with E-state index in [0.717, 1.165) is 15.6 Å². The van der Waals surface area contributed by atoms with Crippen LogP contribution in [0.5, 0.6) is 0 Å². The molecule has 0 atom stereocenters. The van der Waals surface area contributed by atoms with Crippen LogP contribution in [0.25, 0.3) is 11.4 Å². The summed E-state index contributed by atoms with van der Waals surface area (Å²) in [5, 5.41) is 11.6. The van der Waals surface area contributed by atoms with Gasteiger partial charge in [-0.25, -0.2) is 12.7 Å². The van der Waals surface area contributed by atoms with E-state index in [1.807, 2.05) is 20.0 Å². The molecular weight excluding hydrogens is 426 g/mol. The highest BCUT2D eigenvalue weighted by molar-refractivity contribution is 7.99. The number of furan rings is 1. The van der Waals surface area contributed by atoms with Gasteiger partial charge >= 0.3 is 0 Å². The molecule has 0 radical (unpaired) electrons. The number of benzene rings is 1. The van der Waals surface area contributed by atoms with Crippen LogP contribution in [0, 0.1) is 13.8 Å². The number of carbonyl (C=O) groups is 1. The van der Waals surface area contributed by atoms with Gasteiger partial charge in [-0.15, -0.1) is 10.2 Å². The molecule has 0 aliphatic rings. The Labute approximate surface area is 179 Å². The Morgan fingerprint density at radius 3 is 2.60 bits per heavy atom. The van der Waals surface area contributed by atoms with E-state index in [-0.39, 0.29) is 16.6 Å². The first-order chi connectivity index (χ1) is 14.1. The summed E-state index contributed by atoms with van der Waals surface area (Å²) in [4.78, 5) is 12.6. The molecule has 0 spiro atoms. The molecule has 2 heterocycles. The van der Waals surface area contributed by atoms with Crippen LogP contribution in [-0.4, -0.2) is 53.2 Å². The van der Waals surface area contributed by atoms with E-state index >= 15 is 0 Å². The highest BCUT2D eigenvalue weighted by atomic mass is 32.2. The SMILES string of the molecule is Cc1ccc(NC(=O)CSc2nnc(-c3ccoc3C)n2C)cc1S(=O)(=O)N(C)C. The van der Waals surface area contributed by atoms with E-state index in [9.17, 15) is 13.2 Å². The van der Waals surface area contributed by atoms with Crippen molar-refractivity contribution in [2.24, 2.45) is 7.05 Å². The summed E-state index contributed by atoms with van der Waals surface area (Å²) in [5.74, 6) is 1.21. The van der Waals surface area contributed by atoms with Gasteiger partial charge < -0.3 is 14.3 Å². The van der Waals surface area contributed by atoms with Crippen molar-refractivity contribution in [3.8, 4) is 11.4 Å². The second kappa shape index (κ2) is 8.62. The van der Waals surface area contributed by atoms with E-state index in [2.05, 4.69) is 15.5 Å². The minimum Gasteiger partial charge on any atom is -0.469 e. The van der Waals surface area contributed by atoms with Crippen LogP contribution in [-0.2, 0) is 21.9 Å². The minimum absolute atomic E-state index is 0.0972. The third-order valence-electron chi connectivity index (χ3n) is 4.50. The van der Waals surface area contributed by atoms with Crippen molar-refractivity contribution in [1.29, 1.82) is 0 Å². The van der Waals surface area contributed by atoms with Gasteiger partial charge in [0.1, 0.15) is 5.76 Å². The number of aromatic nitrogens is 3. The molecule has 9 nitrogen and oxygen atoms in total. The molecule has 0 saturated heterocycles. The Morgan fingerprint density at radius 2 is 1.97 bits per heavy atom. The van der Waals surface area contributed by atoms with Crippen molar-refractivity contribution >= 4 is 33.4 Å². The molecule has 0 fully saturated rings. The van der Waals surface area contributed by atoms with Gasteiger partial charge in [0, 0.05) is 26.8 Å². The number of hydrogen-bond donors (Lipinski definition) is 1. The summed E-state index contributed by atoms with van der Waals surface area (Å²) >= 11 is 1.24. The Balaban J connectivity index is 1.69. The summed E-state index contributed by atoms with van der Waals surface area (Å²) < 4.78 is 33.1. The van der Waals surface area contributed by atoms with Crippen molar-refractivity contribution in [3.63, 3.8) is 0 Å². The number of anilines is 1. The lowest BCUT2D eigenvalue weighted by Gasteiger charge is -2.15. The van der Waals surface area contributed by atoms with Gasteiger partial charge in [-0.2, -0.15) is 0 Å². The van der Waals surface area contributed by atoms with Crippen LogP contribution in [0.15, 0.2) is 45.0 Å². The lowest BCUT2D eigenvalue weighted by atomic mass is 10.2. The second-order valence-corrected chi connectivity index (χ2v) is 9.92. The Bertz CT molecular complexity index is 1180. The number of rotatable bonds is 7. The van der Waals surface area contributed by atoms with Crippen molar-refractivity contribution in [1.82, 2.24) is 19.1 Å². The number of nitrogens with one attached hydrogen (secondary N) is 1. The maximum absolute atomic E-state index is 12.4. The molecule has 1 amide bonds. The Kier molecular flexibility index (Phi) is 6.34. The van der Waals surface area contributed by atoms with Crippen LogP contribution >= 0.6 is 11.8 Å². The molecule has 30 heavy (non-hydrogen) atoms. The molecule has 1 N–H and O–H groups in total. The van der Waals surface area contributed by atoms with Gasteiger partial charge in [-0.1, -0.05) is 17.8 Å². The maximum atomic E-state index is 12.4. The average Bonchev–Trinajstić information content (AvgIpc) is 3.26. The predicted molar refractivity (Wildman–Crippen MR) is 115 cm³/mol. The number of sulfonamides is 1. The molecule has 0 bridgehead atoms. The Hall–Kier alpha value is -2.63. The molecule has 0 aliphatic carbocycles. The number of aryl methyl sites for hydroxylation is 2. The monoisotopic (exact) mass is 449 g/mol. The van der Waals surface area contributed by atoms with Crippen molar-refractivity contribution in [3.05, 3.63) is 41.9 Å². The molecular formula is C19H23N5O4S2. The van der Waals surface area contributed by atoms with E-state index in [4.69, 9.17) is 4.42 Å². The third kappa shape index (κ3) is 4.42. The average molecular weight is 450 g/mol. The highest BCUT2D eigenvalue weighted by Crippen LogP contribution is 2.26. The minimum atomic E-state index is -3.60. The zero-order valence-electron chi connectivity index (χ0n) is 17.3. The Morgan fingerprint density at radius 1 is 1.23 bits per heavy atom. The number of hydrogen-bond acceptors (Lipinski definition) is 7. The molecule has 160 valence electrons. The first kappa shape index (κ1) is 22.1. The summed E-state index contributed by atoms with van der Waals surface area (Å²) in [6.45, 7) is 3.56. The zero-order chi connectivity index (χ0) is 22.1. The summed E-state index contributed by atoms with van der Waals surface area (Å²) in [6, 6.07) is 6.63. The lowest BCUT2D eigenvalue weighted by molar-refractivity contribution is -0.113. The largest absolute Gasteiger partial charge is 0.469 e. The third-order valence-corrected chi connectivity index (χ3v) is 7.47. The molecule has 2 aromatic heterocycles.